The Kier molecular flexibility index (Phi) is 1.12. The predicted octanol–water partition coefficient (Wildman–Crippen LogP) is 1.43. The Bertz CT molecular complexity index is 439. The van der Waals surface area contributed by atoms with Gasteiger partial charge in [-0.1, -0.05) is 0 Å². The summed E-state index contributed by atoms with van der Waals surface area (Å²) in [7, 11) is 0. The SMILES string of the molecule is Cc1cc2occc2c(=O)[nH]1. The van der Waals surface area contributed by atoms with Crippen molar-refractivity contribution in [1.29, 1.82) is 0 Å². The van der Waals surface area contributed by atoms with E-state index in [0.717, 1.165) is 5.69 Å². The van der Waals surface area contributed by atoms with Crippen molar-refractivity contribution in [1.82, 2.24) is 4.98 Å². The molecule has 0 aliphatic heterocycles. The Morgan fingerprint density at radius 3 is 3.18 bits per heavy atom. The third-order valence-corrected chi connectivity index (χ3v) is 1.60. The van der Waals surface area contributed by atoms with E-state index in [0.29, 0.717) is 11.0 Å². The summed E-state index contributed by atoms with van der Waals surface area (Å²) in [5, 5.41) is 0.607. The molecule has 0 aliphatic rings. The number of H-pyrrole nitrogens is 1. The lowest BCUT2D eigenvalue weighted by molar-refractivity contribution is 0.615. The van der Waals surface area contributed by atoms with Crippen LogP contribution in [0.5, 0.6) is 0 Å². The molecule has 3 nitrogen and oxygen atoms in total. The molecule has 0 aromatic carbocycles. The minimum atomic E-state index is -0.0891. The quantitative estimate of drug-likeness (QED) is 0.615. The fourth-order valence-corrected chi connectivity index (χ4v) is 1.10. The molecule has 2 rings (SSSR count). The summed E-state index contributed by atoms with van der Waals surface area (Å²) in [5.74, 6) is 0. The molecular weight excluding hydrogens is 142 g/mol. The molecule has 0 fully saturated rings. The number of nitrogens with one attached hydrogen (secondary N) is 1. The first-order chi connectivity index (χ1) is 5.27. The maximum absolute atomic E-state index is 11.1. The lowest BCUT2D eigenvalue weighted by Gasteiger charge is -1.90. The molecule has 0 saturated carbocycles. The molecular formula is C8H7NO2. The largest absolute Gasteiger partial charge is 0.464 e. The van der Waals surface area contributed by atoms with E-state index in [9.17, 15) is 4.79 Å². The summed E-state index contributed by atoms with van der Waals surface area (Å²) >= 11 is 0. The molecule has 0 saturated heterocycles. The summed E-state index contributed by atoms with van der Waals surface area (Å²) < 4.78 is 5.06. The number of pyridine rings is 1. The van der Waals surface area contributed by atoms with Crippen LogP contribution in [0.4, 0.5) is 0 Å². The van der Waals surface area contributed by atoms with E-state index in [2.05, 4.69) is 4.98 Å². The van der Waals surface area contributed by atoms with E-state index in [1.54, 1.807) is 12.1 Å². The highest BCUT2D eigenvalue weighted by Crippen LogP contribution is 2.09. The molecule has 0 unspecified atom stereocenters. The summed E-state index contributed by atoms with van der Waals surface area (Å²) in [6.45, 7) is 1.82. The molecule has 11 heavy (non-hydrogen) atoms. The Balaban J connectivity index is 3.02. The van der Waals surface area contributed by atoms with Crippen LogP contribution in [0.2, 0.25) is 0 Å². The first kappa shape index (κ1) is 6.22. The van der Waals surface area contributed by atoms with Crippen molar-refractivity contribution < 1.29 is 4.42 Å². The van der Waals surface area contributed by atoms with Crippen LogP contribution in [0.1, 0.15) is 5.69 Å². The number of hydrogen-bond acceptors (Lipinski definition) is 2. The zero-order valence-electron chi connectivity index (χ0n) is 6.05. The van der Waals surface area contributed by atoms with Crippen LogP contribution in [-0.4, -0.2) is 4.98 Å². The number of aromatic nitrogens is 1. The molecule has 2 aromatic rings. The van der Waals surface area contributed by atoms with Gasteiger partial charge < -0.3 is 9.40 Å². The van der Waals surface area contributed by atoms with Crippen LogP contribution in [-0.2, 0) is 0 Å². The average Bonchev–Trinajstić information content (AvgIpc) is 2.34. The molecule has 0 aliphatic carbocycles. The van der Waals surface area contributed by atoms with Crippen molar-refractivity contribution in [3.63, 3.8) is 0 Å². The third kappa shape index (κ3) is 0.852. The van der Waals surface area contributed by atoms with Gasteiger partial charge in [-0.3, -0.25) is 4.79 Å². The first-order valence-corrected chi connectivity index (χ1v) is 3.34. The van der Waals surface area contributed by atoms with Crippen LogP contribution in [0.3, 0.4) is 0 Å². The summed E-state index contributed by atoms with van der Waals surface area (Å²) in [5.41, 5.74) is 1.37. The third-order valence-electron chi connectivity index (χ3n) is 1.60. The van der Waals surface area contributed by atoms with Crippen LogP contribution in [0.15, 0.2) is 27.6 Å². The van der Waals surface area contributed by atoms with Gasteiger partial charge in [0, 0.05) is 11.8 Å². The fourth-order valence-electron chi connectivity index (χ4n) is 1.10. The second kappa shape index (κ2) is 1.99. The zero-order chi connectivity index (χ0) is 7.84. The van der Waals surface area contributed by atoms with Crippen LogP contribution in [0, 0.1) is 6.92 Å². The minimum absolute atomic E-state index is 0.0891. The second-order valence-corrected chi connectivity index (χ2v) is 2.48. The molecule has 0 atom stereocenters. The highest BCUT2D eigenvalue weighted by Gasteiger charge is 2.00. The Morgan fingerprint density at radius 1 is 1.55 bits per heavy atom. The molecule has 56 valence electrons. The van der Waals surface area contributed by atoms with Crippen molar-refractivity contribution in [2.45, 2.75) is 6.92 Å². The van der Waals surface area contributed by atoms with Gasteiger partial charge >= 0.3 is 0 Å². The number of aryl methyl sites for hydroxylation is 1. The maximum Gasteiger partial charge on any atom is 0.259 e. The van der Waals surface area contributed by atoms with Crippen LogP contribution >= 0.6 is 0 Å². The van der Waals surface area contributed by atoms with E-state index < -0.39 is 0 Å². The molecule has 1 N–H and O–H groups in total. The fraction of sp³-hybridized carbons (Fsp3) is 0.125. The summed E-state index contributed by atoms with van der Waals surface area (Å²) in [6, 6.07) is 3.46. The number of furan rings is 1. The van der Waals surface area contributed by atoms with Crippen LogP contribution < -0.4 is 5.56 Å². The summed E-state index contributed by atoms with van der Waals surface area (Å²) in [6.07, 6.45) is 1.51. The Morgan fingerprint density at radius 2 is 2.36 bits per heavy atom. The molecule has 0 amide bonds. The first-order valence-electron chi connectivity index (χ1n) is 3.34. The number of aromatic amines is 1. The van der Waals surface area contributed by atoms with Crippen molar-refractivity contribution in [3.05, 3.63) is 34.4 Å². The highest BCUT2D eigenvalue weighted by molar-refractivity contribution is 5.75. The van der Waals surface area contributed by atoms with Gasteiger partial charge in [-0.25, -0.2) is 0 Å². The van der Waals surface area contributed by atoms with Gasteiger partial charge in [-0.2, -0.15) is 0 Å². The molecule has 0 spiro atoms. The smallest absolute Gasteiger partial charge is 0.259 e. The molecule has 0 bridgehead atoms. The van der Waals surface area contributed by atoms with Gasteiger partial charge in [0.25, 0.3) is 5.56 Å². The van der Waals surface area contributed by atoms with Crippen molar-refractivity contribution in [2.24, 2.45) is 0 Å². The highest BCUT2D eigenvalue weighted by atomic mass is 16.3. The van der Waals surface area contributed by atoms with E-state index >= 15 is 0 Å². The van der Waals surface area contributed by atoms with Crippen molar-refractivity contribution >= 4 is 11.0 Å². The van der Waals surface area contributed by atoms with Gasteiger partial charge in [0.05, 0.1) is 11.6 Å². The lowest BCUT2D eigenvalue weighted by Crippen LogP contribution is -2.05. The number of fused-ring (bicyclic) bond motifs is 1. The molecule has 2 aromatic heterocycles. The predicted molar refractivity (Wildman–Crippen MR) is 41.6 cm³/mol. The standard InChI is InChI=1S/C8H7NO2/c1-5-4-7-6(2-3-11-7)8(10)9-5/h2-4H,1H3,(H,9,10). The average molecular weight is 149 g/mol. The minimum Gasteiger partial charge on any atom is -0.464 e. The van der Waals surface area contributed by atoms with E-state index in [1.807, 2.05) is 6.92 Å². The normalized spacial score (nSPS) is 10.6. The van der Waals surface area contributed by atoms with Crippen molar-refractivity contribution in [3.8, 4) is 0 Å². The Labute approximate surface area is 62.7 Å². The maximum atomic E-state index is 11.1. The van der Waals surface area contributed by atoms with Crippen LogP contribution in [0.25, 0.3) is 11.0 Å². The second-order valence-electron chi connectivity index (χ2n) is 2.48. The number of hydrogen-bond donors (Lipinski definition) is 1. The van der Waals surface area contributed by atoms with Gasteiger partial charge in [0.15, 0.2) is 0 Å². The molecule has 3 heteroatoms. The number of rotatable bonds is 0. The molecule has 0 radical (unpaired) electrons. The van der Waals surface area contributed by atoms with E-state index in [-0.39, 0.29) is 5.56 Å². The van der Waals surface area contributed by atoms with Crippen molar-refractivity contribution in [2.75, 3.05) is 0 Å². The van der Waals surface area contributed by atoms with Gasteiger partial charge in [-0.05, 0) is 13.0 Å². The topological polar surface area (TPSA) is 46.0 Å². The van der Waals surface area contributed by atoms with Gasteiger partial charge in [0.2, 0.25) is 0 Å². The monoisotopic (exact) mass is 149 g/mol. The van der Waals surface area contributed by atoms with Gasteiger partial charge in [0.1, 0.15) is 5.58 Å². The lowest BCUT2D eigenvalue weighted by atomic mass is 10.3. The van der Waals surface area contributed by atoms with E-state index in [4.69, 9.17) is 4.42 Å². The summed E-state index contributed by atoms with van der Waals surface area (Å²) in [4.78, 5) is 13.8. The molecule has 2 heterocycles. The van der Waals surface area contributed by atoms with Gasteiger partial charge in [-0.15, -0.1) is 0 Å². The zero-order valence-corrected chi connectivity index (χ0v) is 6.05. The Hall–Kier alpha value is -1.51. The van der Waals surface area contributed by atoms with E-state index in [1.165, 1.54) is 6.26 Å².